The molecule has 0 amide bonds. The lowest BCUT2D eigenvalue weighted by Gasteiger charge is -2.19. The van der Waals surface area contributed by atoms with Gasteiger partial charge in [0.1, 0.15) is 0 Å². The molecular weight excluding hydrogens is 185 g/mol. The van der Waals surface area contributed by atoms with Crippen LogP contribution in [-0.2, 0) is 0 Å². The largest absolute Gasteiger partial charge is 0.478 e. The predicted molar refractivity (Wildman–Crippen MR) is 49.9 cm³/mol. The van der Waals surface area contributed by atoms with Gasteiger partial charge in [-0.1, -0.05) is 6.07 Å². The Morgan fingerprint density at radius 1 is 1.43 bits per heavy atom. The molecule has 1 rings (SSSR count). The molecule has 0 aliphatic carbocycles. The number of hydrogen-bond acceptors (Lipinski definition) is 4. The second-order valence-electron chi connectivity index (χ2n) is 2.74. The number of aliphatic hydroxyl groups is 2. The molecule has 0 bridgehead atoms. The maximum Gasteiger partial charge on any atom is 0.335 e. The second kappa shape index (κ2) is 3.69. The third-order valence-electron chi connectivity index (χ3n) is 1.44. The van der Waals surface area contributed by atoms with Crippen molar-refractivity contribution < 1.29 is 20.1 Å². The van der Waals surface area contributed by atoms with Gasteiger partial charge in [-0.2, -0.15) is 0 Å². The second-order valence-corrected chi connectivity index (χ2v) is 2.74. The highest BCUT2D eigenvalue weighted by atomic mass is 16.5. The molecule has 0 aromatic heterocycles. The van der Waals surface area contributed by atoms with Crippen molar-refractivity contribution in [2.45, 2.75) is 5.81 Å². The number of carboxylic acid groups (broad SMARTS) is 1. The Labute approximate surface area is 81.4 Å². The van der Waals surface area contributed by atoms with E-state index in [1.807, 2.05) is 0 Å². The Morgan fingerprint density at radius 2 is 2.07 bits per heavy atom. The summed E-state index contributed by atoms with van der Waals surface area (Å²) in [4.78, 5) is 10.5. The van der Waals surface area contributed by atoms with E-state index in [0.717, 1.165) is 0 Å². The fourth-order valence-corrected chi connectivity index (χ4v) is 0.942. The third kappa shape index (κ3) is 3.08. The number of hydrogen-bond donors (Lipinski definition) is 4. The first-order valence-corrected chi connectivity index (χ1v) is 3.73. The van der Waals surface area contributed by atoms with Crippen LogP contribution in [0.25, 0.3) is 0 Å². The molecule has 4 N–H and O–H groups in total. The van der Waals surface area contributed by atoms with Gasteiger partial charge in [0.2, 0.25) is 0 Å². The van der Waals surface area contributed by atoms with E-state index in [2.05, 4.69) is 5.32 Å². The van der Waals surface area contributed by atoms with E-state index < -0.39 is 11.8 Å². The first-order valence-electron chi connectivity index (χ1n) is 3.73. The minimum absolute atomic E-state index is 0.0271. The van der Waals surface area contributed by atoms with Crippen LogP contribution in [-0.4, -0.2) is 34.9 Å². The van der Waals surface area contributed by atoms with Crippen molar-refractivity contribution in [3.8, 4) is 0 Å². The SMILES string of the molecule is [B]C(O)(O)Nc1cccc(C(=O)O)c1. The summed E-state index contributed by atoms with van der Waals surface area (Å²) in [6.45, 7) is 0. The lowest BCUT2D eigenvalue weighted by Crippen LogP contribution is -2.37. The molecule has 14 heavy (non-hydrogen) atoms. The third-order valence-corrected chi connectivity index (χ3v) is 1.44. The fraction of sp³-hybridized carbons (Fsp3) is 0.125. The van der Waals surface area contributed by atoms with Crippen molar-refractivity contribution in [1.29, 1.82) is 0 Å². The quantitative estimate of drug-likeness (QED) is 0.386. The molecule has 0 atom stereocenters. The van der Waals surface area contributed by atoms with Crippen LogP contribution in [0.15, 0.2) is 24.3 Å². The summed E-state index contributed by atoms with van der Waals surface area (Å²) < 4.78 is 0. The summed E-state index contributed by atoms with van der Waals surface area (Å²) in [5, 5.41) is 28.3. The summed E-state index contributed by atoms with van der Waals surface area (Å²) in [5.41, 5.74) is 0.233. The highest BCUT2D eigenvalue weighted by Gasteiger charge is 2.13. The van der Waals surface area contributed by atoms with Crippen LogP contribution in [0.3, 0.4) is 0 Å². The molecule has 0 aliphatic heterocycles. The van der Waals surface area contributed by atoms with Gasteiger partial charge in [-0.15, -0.1) is 0 Å². The first kappa shape index (κ1) is 10.6. The normalized spacial score (nSPS) is 11.0. The summed E-state index contributed by atoms with van der Waals surface area (Å²) in [6.07, 6.45) is 0. The predicted octanol–water partition coefficient (Wildman–Crippen LogP) is -0.439. The molecule has 0 saturated carbocycles. The van der Waals surface area contributed by atoms with E-state index in [1.54, 1.807) is 0 Å². The molecule has 0 saturated heterocycles. The van der Waals surface area contributed by atoms with Gasteiger partial charge in [0.15, 0.2) is 13.7 Å². The molecule has 0 aliphatic rings. The number of carboxylic acids is 1. The van der Waals surface area contributed by atoms with E-state index in [-0.39, 0.29) is 11.3 Å². The number of carbonyl (C=O) groups is 1. The molecule has 72 valence electrons. The van der Waals surface area contributed by atoms with Crippen LogP contribution >= 0.6 is 0 Å². The molecular formula is C8H8BNO4. The van der Waals surface area contributed by atoms with Crippen LogP contribution in [0.1, 0.15) is 10.4 Å². The standard InChI is InChI=1S/C8H8BNO4/c9-8(13,14)10-6-3-1-2-5(4-6)7(11)12/h1-4,10,13-14H,(H,11,12). The topological polar surface area (TPSA) is 89.8 Å². The van der Waals surface area contributed by atoms with Crippen molar-refractivity contribution in [1.82, 2.24) is 0 Å². The molecule has 1 aromatic rings. The zero-order chi connectivity index (χ0) is 10.8. The van der Waals surface area contributed by atoms with Gasteiger partial charge >= 0.3 is 5.97 Å². The van der Waals surface area contributed by atoms with Gasteiger partial charge in [0, 0.05) is 5.69 Å². The van der Waals surface area contributed by atoms with E-state index in [0.29, 0.717) is 0 Å². The van der Waals surface area contributed by atoms with E-state index in [9.17, 15) is 4.79 Å². The summed E-state index contributed by atoms with van der Waals surface area (Å²) in [6, 6.07) is 5.52. The van der Waals surface area contributed by atoms with Gasteiger partial charge in [0.05, 0.1) is 5.56 Å². The van der Waals surface area contributed by atoms with E-state index in [1.165, 1.54) is 24.3 Å². The summed E-state index contributed by atoms with van der Waals surface area (Å²) >= 11 is 0. The Hall–Kier alpha value is -1.53. The van der Waals surface area contributed by atoms with Crippen LogP contribution in [0.5, 0.6) is 0 Å². The van der Waals surface area contributed by atoms with Gasteiger partial charge in [-0.3, -0.25) is 0 Å². The Balaban J connectivity index is 2.89. The molecule has 0 fully saturated rings. The fourth-order valence-electron chi connectivity index (χ4n) is 0.942. The summed E-state index contributed by atoms with van der Waals surface area (Å²) in [7, 11) is 4.85. The Bertz CT molecular complexity index is 347. The molecule has 0 heterocycles. The lowest BCUT2D eigenvalue weighted by atomic mass is 10.0. The van der Waals surface area contributed by atoms with Gasteiger partial charge in [-0.25, -0.2) is 4.79 Å². The van der Waals surface area contributed by atoms with Gasteiger partial charge in [-0.05, 0) is 18.2 Å². The van der Waals surface area contributed by atoms with Crippen LogP contribution in [0, 0.1) is 0 Å². The highest BCUT2D eigenvalue weighted by Crippen LogP contribution is 2.12. The smallest absolute Gasteiger partial charge is 0.335 e. The molecule has 6 heteroatoms. The molecule has 0 unspecified atom stereocenters. The number of benzene rings is 1. The Morgan fingerprint density at radius 3 is 2.57 bits per heavy atom. The Kier molecular flexibility index (Phi) is 2.78. The first-order chi connectivity index (χ1) is 6.38. The van der Waals surface area contributed by atoms with Gasteiger partial charge < -0.3 is 20.6 Å². The summed E-state index contributed by atoms with van der Waals surface area (Å²) in [5.74, 6) is -3.66. The maximum atomic E-state index is 10.5. The number of aromatic carboxylic acids is 1. The lowest BCUT2D eigenvalue weighted by molar-refractivity contribution is -0.0593. The zero-order valence-electron chi connectivity index (χ0n) is 7.14. The van der Waals surface area contributed by atoms with Crippen molar-refractivity contribution in [2.24, 2.45) is 0 Å². The van der Waals surface area contributed by atoms with Gasteiger partial charge in [0.25, 0.3) is 0 Å². The average molecular weight is 193 g/mol. The van der Waals surface area contributed by atoms with E-state index in [4.69, 9.17) is 23.2 Å². The van der Waals surface area contributed by atoms with Crippen molar-refractivity contribution in [2.75, 3.05) is 5.32 Å². The average Bonchev–Trinajstić information content (AvgIpc) is 2.01. The number of rotatable bonds is 3. The van der Waals surface area contributed by atoms with Crippen molar-refractivity contribution in [3.63, 3.8) is 0 Å². The van der Waals surface area contributed by atoms with E-state index >= 15 is 0 Å². The number of anilines is 1. The van der Waals surface area contributed by atoms with Crippen LogP contribution < -0.4 is 5.32 Å². The minimum Gasteiger partial charge on any atom is -0.478 e. The number of nitrogens with one attached hydrogen (secondary N) is 1. The monoisotopic (exact) mass is 193 g/mol. The molecule has 5 nitrogen and oxygen atoms in total. The van der Waals surface area contributed by atoms with Crippen molar-refractivity contribution in [3.05, 3.63) is 29.8 Å². The zero-order valence-corrected chi connectivity index (χ0v) is 7.14. The van der Waals surface area contributed by atoms with Crippen LogP contribution in [0.4, 0.5) is 5.69 Å². The molecule has 2 radical (unpaired) electrons. The molecule has 1 aromatic carbocycles. The maximum absolute atomic E-state index is 10.5. The molecule has 0 spiro atoms. The van der Waals surface area contributed by atoms with Crippen LogP contribution in [0.2, 0.25) is 0 Å². The highest BCUT2D eigenvalue weighted by molar-refractivity contribution is 6.14. The van der Waals surface area contributed by atoms with Crippen molar-refractivity contribution >= 4 is 19.5 Å². The minimum atomic E-state index is -2.56.